The molecule has 0 aromatic heterocycles. The van der Waals surface area contributed by atoms with Crippen molar-refractivity contribution in [2.45, 2.75) is 45.1 Å². The first kappa shape index (κ1) is 30.0. The Hall–Kier alpha value is -4.02. The van der Waals surface area contributed by atoms with Gasteiger partial charge in [-0.15, -0.1) is 0 Å². The molecule has 3 aromatic rings. The van der Waals surface area contributed by atoms with Gasteiger partial charge in [0.2, 0.25) is 11.0 Å². The molecule has 41 heavy (non-hydrogen) atoms. The number of hydrogen-bond acceptors (Lipinski definition) is 5. The highest BCUT2D eigenvalue weighted by Gasteiger charge is 2.45. The fourth-order valence-electron chi connectivity index (χ4n) is 4.24. The summed E-state index contributed by atoms with van der Waals surface area (Å²) in [5.41, 5.74) is 3.75. The molecule has 1 aliphatic heterocycles. The van der Waals surface area contributed by atoms with Crippen LogP contribution in [0.2, 0.25) is 5.02 Å². The summed E-state index contributed by atoms with van der Waals surface area (Å²) in [7, 11) is 0. The SMILES string of the molecule is CCCCCCOc1ccc(NC(=O)CC2C(=O)N(c3ccc(F)cc3)C(=S)N2NC(=O)c2ccc(Cl)cc2)cc1. The van der Waals surface area contributed by atoms with Crippen molar-refractivity contribution >= 4 is 58.0 Å². The van der Waals surface area contributed by atoms with Crippen LogP contribution >= 0.6 is 23.8 Å². The van der Waals surface area contributed by atoms with Gasteiger partial charge in [0.15, 0.2) is 0 Å². The van der Waals surface area contributed by atoms with Crippen LogP contribution in [0.4, 0.5) is 15.8 Å². The van der Waals surface area contributed by atoms with Crippen molar-refractivity contribution in [2.75, 3.05) is 16.8 Å². The maximum Gasteiger partial charge on any atom is 0.269 e. The average molecular weight is 597 g/mol. The summed E-state index contributed by atoms with van der Waals surface area (Å²) >= 11 is 11.5. The lowest BCUT2D eigenvalue weighted by atomic mass is 10.1. The Balaban J connectivity index is 1.46. The van der Waals surface area contributed by atoms with Crippen LogP contribution in [0.15, 0.2) is 72.8 Å². The lowest BCUT2D eigenvalue weighted by Crippen LogP contribution is -2.49. The molecule has 0 radical (unpaired) electrons. The number of hydrogen-bond donors (Lipinski definition) is 2. The van der Waals surface area contributed by atoms with Crippen molar-refractivity contribution in [1.82, 2.24) is 10.4 Å². The summed E-state index contributed by atoms with van der Waals surface area (Å²) in [6, 6.07) is 17.2. The van der Waals surface area contributed by atoms with Crippen molar-refractivity contribution < 1.29 is 23.5 Å². The zero-order chi connectivity index (χ0) is 29.4. The number of unbranched alkanes of at least 4 members (excludes halogenated alkanes) is 3. The van der Waals surface area contributed by atoms with Gasteiger partial charge in [-0.1, -0.05) is 37.8 Å². The smallest absolute Gasteiger partial charge is 0.269 e. The fourth-order valence-corrected chi connectivity index (χ4v) is 4.74. The van der Waals surface area contributed by atoms with Crippen molar-refractivity contribution in [2.24, 2.45) is 0 Å². The Morgan fingerprint density at radius 2 is 1.66 bits per heavy atom. The third kappa shape index (κ3) is 7.80. The fraction of sp³-hybridized carbons (Fsp3) is 0.267. The Morgan fingerprint density at radius 3 is 2.32 bits per heavy atom. The van der Waals surface area contributed by atoms with Gasteiger partial charge in [-0.25, -0.2) is 9.40 Å². The standard InChI is InChI=1S/C30H30ClFN4O4S/c1-2-3-4-5-18-40-25-16-12-23(13-17-25)33-27(37)19-26-29(39)35(24-14-10-22(32)11-15-24)30(41)36(26)34-28(38)20-6-8-21(31)9-7-20/h6-17,26H,2-5,18-19H2,1H3,(H,33,37)(H,34,38). The third-order valence-corrected chi connectivity index (χ3v) is 7.04. The first-order valence-corrected chi connectivity index (χ1v) is 14.1. The minimum absolute atomic E-state index is 0.0536. The molecule has 0 aliphatic carbocycles. The van der Waals surface area contributed by atoms with Crippen molar-refractivity contribution in [3.8, 4) is 5.75 Å². The largest absolute Gasteiger partial charge is 0.494 e. The Kier molecular flexibility index (Phi) is 10.3. The van der Waals surface area contributed by atoms with Crippen LogP contribution in [-0.2, 0) is 9.59 Å². The van der Waals surface area contributed by atoms with Crippen LogP contribution in [-0.4, -0.2) is 40.5 Å². The summed E-state index contributed by atoms with van der Waals surface area (Å²) in [5.74, 6) is -1.34. The molecule has 1 unspecified atom stereocenters. The Labute approximate surface area is 248 Å². The van der Waals surface area contributed by atoms with Gasteiger partial charge in [-0.3, -0.25) is 24.7 Å². The summed E-state index contributed by atoms with van der Waals surface area (Å²) < 4.78 is 19.3. The quantitative estimate of drug-likeness (QED) is 0.194. The van der Waals surface area contributed by atoms with Crippen LogP contribution in [0.5, 0.6) is 5.75 Å². The maximum atomic E-state index is 13.5. The van der Waals surface area contributed by atoms with Crippen LogP contribution in [0.1, 0.15) is 49.4 Å². The average Bonchev–Trinajstić information content (AvgIpc) is 3.18. The zero-order valence-corrected chi connectivity index (χ0v) is 24.0. The number of rotatable bonds is 12. The van der Waals surface area contributed by atoms with Gasteiger partial charge < -0.3 is 10.1 Å². The number of carbonyl (C=O) groups is 3. The molecule has 214 valence electrons. The van der Waals surface area contributed by atoms with Gasteiger partial charge in [0.1, 0.15) is 17.6 Å². The molecule has 11 heteroatoms. The molecule has 8 nitrogen and oxygen atoms in total. The first-order valence-electron chi connectivity index (χ1n) is 13.3. The molecule has 0 spiro atoms. The molecule has 1 fully saturated rings. The van der Waals surface area contributed by atoms with Gasteiger partial charge in [0, 0.05) is 16.3 Å². The number of thiocarbonyl (C=S) groups is 1. The molecule has 0 saturated carbocycles. The molecule has 1 saturated heterocycles. The van der Waals surface area contributed by atoms with E-state index in [2.05, 4.69) is 17.7 Å². The number of benzene rings is 3. The van der Waals surface area contributed by atoms with E-state index < -0.39 is 29.6 Å². The van der Waals surface area contributed by atoms with Crippen LogP contribution < -0.4 is 20.4 Å². The number of halogens is 2. The molecule has 1 atom stereocenters. The topological polar surface area (TPSA) is 91.0 Å². The van der Waals surface area contributed by atoms with E-state index >= 15 is 0 Å². The number of amides is 3. The number of ether oxygens (including phenoxy) is 1. The predicted molar refractivity (Wildman–Crippen MR) is 160 cm³/mol. The van der Waals surface area contributed by atoms with Crippen LogP contribution in [0.25, 0.3) is 0 Å². The van der Waals surface area contributed by atoms with Crippen LogP contribution in [0.3, 0.4) is 0 Å². The maximum absolute atomic E-state index is 13.5. The highest BCUT2D eigenvalue weighted by molar-refractivity contribution is 7.80. The number of carbonyl (C=O) groups excluding carboxylic acids is 3. The second-order valence-corrected chi connectivity index (χ2v) is 10.3. The summed E-state index contributed by atoms with van der Waals surface area (Å²) in [4.78, 5) is 40.7. The molecule has 3 aromatic carbocycles. The molecule has 4 rings (SSSR count). The van der Waals surface area contributed by atoms with Crippen molar-refractivity contribution in [1.29, 1.82) is 0 Å². The third-order valence-electron chi connectivity index (χ3n) is 6.41. The first-order chi connectivity index (χ1) is 19.8. The van der Waals surface area contributed by atoms with Crippen molar-refractivity contribution in [3.05, 3.63) is 89.2 Å². The number of nitrogens with one attached hydrogen (secondary N) is 2. The Morgan fingerprint density at radius 1 is 0.976 bits per heavy atom. The van der Waals surface area contributed by atoms with Gasteiger partial charge >= 0.3 is 0 Å². The molecule has 1 heterocycles. The monoisotopic (exact) mass is 596 g/mol. The molecule has 0 bridgehead atoms. The van der Waals surface area contributed by atoms with Crippen molar-refractivity contribution in [3.63, 3.8) is 0 Å². The lowest BCUT2D eigenvalue weighted by molar-refractivity contribution is -0.124. The molecule has 1 aliphatic rings. The van der Waals surface area contributed by atoms with Gasteiger partial charge in [0.25, 0.3) is 11.8 Å². The van der Waals surface area contributed by atoms with Gasteiger partial charge in [0.05, 0.1) is 18.7 Å². The highest BCUT2D eigenvalue weighted by atomic mass is 35.5. The zero-order valence-electron chi connectivity index (χ0n) is 22.4. The van der Waals surface area contributed by atoms with E-state index in [4.69, 9.17) is 28.6 Å². The van der Waals surface area contributed by atoms with E-state index in [1.165, 1.54) is 52.7 Å². The second-order valence-electron chi connectivity index (χ2n) is 9.45. The van der Waals surface area contributed by atoms with Gasteiger partial charge in [-0.2, -0.15) is 0 Å². The number of nitrogens with zero attached hydrogens (tertiary/aromatic N) is 2. The minimum Gasteiger partial charge on any atom is -0.494 e. The summed E-state index contributed by atoms with van der Waals surface area (Å²) in [6.45, 7) is 2.78. The van der Waals surface area contributed by atoms with Gasteiger partial charge in [-0.05, 0) is 91.4 Å². The highest BCUT2D eigenvalue weighted by Crippen LogP contribution is 2.27. The van der Waals surface area contributed by atoms with E-state index in [1.54, 1.807) is 36.4 Å². The molecule has 3 amide bonds. The second kappa shape index (κ2) is 14.0. The van der Waals surface area contributed by atoms with E-state index in [0.717, 1.165) is 19.3 Å². The summed E-state index contributed by atoms with van der Waals surface area (Å²) in [5, 5.41) is 4.37. The number of hydrazine groups is 1. The number of anilines is 2. The lowest BCUT2D eigenvalue weighted by Gasteiger charge is -2.24. The molecular weight excluding hydrogens is 567 g/mol. The van der Waals surface area contributed by atoms with E-state index in [-0.39, 0.29) is 17.1 Å². The van der Waals surface area contributed by atoms with E-state index in [0.29, 0.717) is 28.8 Å². The molecular formula is C30H30ClFN4O4S. The normalized spacial score (nSPS) is 14.8. The van der Waals surface area contributed by atoms with Crippen LogP contribution in [0, 0.1) is 5.82 Å². The summed E-state index contributed by atoms with van der Waals surface area (Å²) in [6.07, 6.45) is 4.11. The Bertz CT molecular complexity index is 1390. The minimum atomic E-state index is -1.14. The predicted octanol–water partition coefficient (Wildman–Crippen LogP) is 6.11. The van der Waals surface area contributed by atoms with E-state index in [9.17, 15) is 18.8 Å². The molecule has 2 N–H and O–H groups in total. The van der Waals surface area contributed by atoms with E-state index in [1.807, 2.05) is 0 Å².